The van der Waals surface area contributed by atoms with Gasteiger partial charge in [0.05, 0.1) is 21.3 Å². The van der Waals surface area contributed by atoms with Crippen LogP contribution in [-0.2, 0) is 20.7 Å². The number of para-hydroxylation sites is 1. The second-order valence-corrected chi connectivity index (χ2v) is 8.35. The Labute approximate surface area is 210 Å². The molecule has 0 radical (unpaired) electrons. The van der Waals surface area contributed by atoms with E-state index in [0.29, 0.717) is 28.6 Å². The maximum atomic E-state index is 14.0. The van der Waals surface area contributed by atoms with E-state index in [9.17, 15) is 4.79 Å². The van der Waals surface area contributed by atoms with Crippen molar-refractivity contribution in [2.45, 2.75) is 11.2 Å². The number of hydrogen-bond donors (Lipinski definition) is 0. The fraction of sp³-hybridized carbons (Fsp3) is 0.167. The number of methoxy groups -OCH3 is 3. The first-order valence-electron chi connectivity index (χ1n) is 11.5. The average Bonchev–Trinajstić information content (AvgIpc) is 3.66. The summed E-state index contributed by atoms with van der Waals surface area (Å²) >= 11 is 0. The summed E-state index contributed by atoms with van der Waals surface area (Å²) < 4.78 is 28.6. The van der Waals surface area contributed by atoms with Gasteiger partial charge in [0.25, 0.3) is 0 Å². The second-order valence-electron chi connectivity index (χ2n) is 8.35. The molecule has 182 valence electrons. The zero-order valence-corrected chi connectivity index (χ0v) is 20.3. The molecule has 1 saturated heterocycles. The van der Waals surface area contributed by atoms with Crippen LogP contribution in [0.1, 0.15) is 16.7 Å². The number of esters is 1. The van der Waals surface area contributed by atoms with Crippen LogP contribution < -0.4 is 18.9 Å². The van der Waals surface area contributed by atoms with Gasteiger partial charge in [0.1, 0.15) is 23.0 Å². The Bertz CT molecular complexity index is 1280. The molecule has 1 heterocycles. The maximum absolute atomic E-state index is 14.0. The van der Waals surface area contributed by atoms with Crippen LogP contribution >= 0.6 is 0 Å². The van der Waals surface area contributed by atoms with Crippen LogP contribution in [0, 0.1) is 0 Å². The molecule has 1 aliphatic rings. The summed E-state index contributed by atoms with van der Waals surface area (Å²) in [7, 11) is 4.82. The molecule has 0 saturated carbocycles. The Balaban J connectivity index is 1.70. The molecule has 0 N–H and O–H groups in total. The highest BCUT2D eigenvalue weighted by Gasteiger charge is 2.78. The van der Waals surface area contributed by atoms with Gasteiger partial charge in [0, 0.05) is 0 Å². The molecular weight excluding hydrogens is 456 g/mol. The molecule has 4 aromatic carbocycles. The van der Waals surface area contributed by atoms with Gasteiger partial charge < -0.3 is 23.7 Å². The van der Waals surface area contributed by atoms with Crippen LogP contribution in [0.4, 0.5) is 0 Å². The molecule has 6 heteroatoms. The minimum atomic E-state index is -1.45. The molecule has 0 aliphatic carbocycles. The summed E-state index contributed by atoms with van der Waals surface area (Å²) in [6.45, 7) is 0. The first-order chi connectivity index (χ1) is 17.6. The smallest absolute Gasteiger partial charge is 0.352 e. The first-order valence-corrected chi connectivity index (χ1v) is 11.5. The number of benzene rings is 4. The number of epoxide rings is 1. The molecule has 1 fully saturated rings. The lowest BCUT2D eigenvalue weighted by Gasteiger charge is -2.21. The topological polar surface area (TPSA) is 66.5 Å². The van der Waals surface area contributed by atoms with Crippen molar-refractivity contribution in [1.82, 2.24) is 0 Å². The molecule has 4 aromatic rings. The van der Waals surface area contributed by atoms with Gasteiger partial charge in [-0.2, -0.15) is 0 Å². The van der Waals surface area contributed by atoms with Crippen molar-refractivity contribution in [3.05, 3.63) is 120 Å². The summed E-state index contributed by atoms with van der Waals surface area (Å²) in [6.07, 6.45) is 0. The van der Waals surface area contributed by atoms with Crippen molar-refractivity contribution in [2.24, 2.45) is 0 Å². The average molecular weight is 483 g/mol. The lowest BCUT2D eigenvalue weighted by Crippen LogP contribution is -2.35. The van der Waals surface area contributed by atoms with Crippen molar-refractivity contribution in [2.75, 3.05) is 21.3 Å². The first kappa shape index (κ1) is 23.5. The molecular formula is C30H26O6. The van der Waals surface area contributed by atoms with Crippen molar-refractivity contribution in [3.8, 4) is 23.0 Å². The van der Waals surface area contributed by atoms with Crippen LogP contribution in [0.2, 0.25) is 0 Å². The van der Waals surface area contributed by atoms with Crippen molar-refractivity contribution < 1.29 is 28.5 Å². The molecule has 0 bridgehead atoms. The summed E-state index contributed by atoms with van der Waals surface area (Å²) in [6, 6.07) is 31.3. The number of carbonyl (C=O) groups excluding carboxylic acids is 1. The van der Waals surface area contributed by atoms with Crippen LogP contribution in [0.3, 0.4) is 0 Å². The molecule has 0 amide bonds. The van der Waals surface area contributed by atoms with E-state index >= 15 is 0 Å². The number of carbonyl (C=O) groups is 1. The molecule has 1 unspecified atom stereocenters. The Morgan fingerprint density at radius 1 is 0.556 bits per heavy atom. The highest BCUT2D eigenvalue weighted by atomic mass is 16.7. The van der Waals surface area contributed by atoms with Crippen LogP contribution in [0.25, 0.3) is 0 Å². The van der Waals surface area contributed by atoms with E-state index in [2.05, 4.69) is 0 Å². The quantitative estimate of drug-likeness (QED) is 0.188. The van der Waals surface area contributed by atoms with Gasteiger partial charge in [-0.3, -0.25) is 0 Å². The van der Waals surface area contributed by atoms with Gasteiger partial charge >= 0.3 is 5.97 Å². The van der Waals surface area contributed by atoms with E-state index < -0.39 is 17.2 Å². The van der Waals surface area contributed by atoms with Gasteiger partial charge in [-0.25, -0.2) is 4.79 Å². The Kier molecular flexibility index (Phi) is 6.12. The predicted octanol–water partition coefficient (Wildman–Crippen LogP) is 5.49. The standard InChI is InChI=1S/C30H26O6/c1-32-24-15-9-21(10-16-24)29(22-11-17-25(33-2)18-12-22)30(36-29,23-13-19-26(34-3)20-14-23)28(31)35-27-7-5-4-6-8-27/h4-20H,1-3H3. The lowest BCUT2D eigenvalue weighted by atomic mass is 9.77. The van der Waals surface area contributed by atoms with E-state index in [1.165, 1.54) is 0 Å². The fourth-order valence-corrected chi connectivity index (χ4v) is 4.61. The minimum Gasteiger partial charge on any atom is -0.497 e. The third kappa shape index (κ3) is 3.76. The maximum Gasteiger partial charge on any atom is 0.352 e. The highest BCUT2D eigenvalue weighted by Crippen LogP contribution is 2.66. The molecule has 6 nitrogen and oxygen atoms in total. The van der Waals surface area contributed by atoms with Gasteiger partial charge in [-0.15, -0.1) is 0 Å². The van der Waals surface area contributed by atoms with Gasteiger partial charge in [-0.05, 0) is 65.2 Å². The van der Waals surface area contributed by atoms with E-state index in [1.807, 2.05) is 78.9 Å². The van der Waals surface area contributed by atoms with Gasteiger partial charge in [0.15, 0.2) is 5.60 Å². The Hall–Kier alpha value is -4.29. The zero-order valence-electron chi connectivity index (χ0n) is 20.3. The Morgan fingerprint density at radius 2 is 0.972 bits per heavy atom. The highest BCUT2D eigenvalue weighted by molar-refractivity contribution is 5.90. The van der Waals surface area contributed by atoms with E-state index in [4.69, 9.17) is 23.7 Å². The molecule has 0 spiro atoms. The Morgan fingerprint density at radius 3 is 1.39 bits per heavy atom. The van der Waals surface area contributed by atoms with Crippen molar-refractivity contribution in [3.63, 3.8) is 0 Å². The van der Waals surface area contributed by atoms with E-state index in [0.717, 1.165) is 11.1 Å². The van der Waals surface area contributed by atoms with Crippen LogP contribution in [0.15, 0.2) is 103 Å². The minimum absolute atomic E-state index is 0.434. The normalized spacial score (nSPS) is 17.6. The third-order valence-electron chi connectivity index (χ3n) is 6.49. The monoisotopic (exact) mass is 482 g/mol. The van der Waals surface area contributed by atoms with E-state index in [1.54, 1.807) is 45.6 Å². The predicted molar refractivity (Wildman–Crippen MR) is 135 cm³/mol. The number of hydrogen-bond acceptors (Lipinski definition) is 6. The molecule has 5 rings (SSSR count). The van der Waals surface area contributed by atoms with Gasteiger partial charge in [0.2, 0.25) is 5.60 Å². The molecule has 0 aromatic heterocycles. The molecule has 1 aliphatic heterocycles. The second kappa shape index (κ2) is 9.40. The van der Waals surface area contributed by atoms with Gasteiger partial charge in [-0.1, -0.05) is 54.6 Å². The summed E-state index contributed by atoms with van der Waals surface area (Å²) in [4.78, 5) is 14.0. The van der Waals surface area contributed by atoms with Crippen molar-refractivity contribution >= 4 is 5.97 Å². The number of ether oxygens (including phenoxy) is 5. The van der Waals surface area contributed by atoms with Crippen LogP contribution in [-0.4, -0.2) is 27.3 Å². The summed E-state index contributed by atoms with van der Waals surface area (Å²) in [5.41, 5.74) is -0.371. The fourth-order valence-electron chi connectivity index (χ4n) is 4.61. The van der Waals surface area contributed by atoms with Crippen molar-refractivity contribution in [1.29, 1.82) is 0 Å². The largest absolute Gasteiger partial charge is 0.497 e. The third-order valence-corrected chi connectivity index (χ3v) is 6.49. The summed E-state index contributed by atoms with van der Waals surface area (Å²) in [5, 5.41) is 0. The SMILES string of the molecule is COc1ccc(C2(C(=O)Oc3ccccc3)OC2(c2ccc(OC)cc2)c2ccc(OC)cc2)cc1. The zero-order chi connectivity index (χ0) is 25.2. The molecule has 1 atom stereocenters. The molecule has 36 heavy (non-hydrogen) atoms. The summed E-state index contributed by atoms with van der Waals surface area (Å²) in [5.74, 6) is 1.98. The number of rotatable bonds is 8. The van der Waals surface area contributed by atoms with E-state index in [-0.39, 0.29) is 0 Å². The lowest BCUT2D eigenvalue weighted by molar-refractivity contribution is -0.140. The van der Waals surface area contributed by atoms with Crippen LogP contribution in [0.5, 0.6) is 23.0 Å².